The third-order valence-electron chi connectivity index (χ3n) is 3.95. The number of rotatable bonds is 7. The van der Waals surface area contributed by atoms with Gasteiger partial charge < -0.3 is 15.2 Å². The van der Waals surface area contributed by atoms with Gasteiger partial charge in [-0.3, -0.25) is 4.90 Å². The van der Waals surface area contributed by atoms with Gasteiger partial charge in [0.15, 0.2) is 11.5 Å². The van der Waals surface area contributed by atoms with E-state index in [0.717, 1.165) is 37.6 Å². The smallest absolute Gasteiger partial charge is 0.165 e. The average molecular weight is 329 g/mol. The number of halogens is 1. The van der Waals surface area contributed by atoms with Crippen molar-refractivity contribution in [1.29, 1.82) is 0 Å². The van der Waals surface area contributed by atoms with E-state index in [2.05, 4.69) is 24.8 Å². The fourth-order valence-electron chi connectivity index (χ4n) is 2.79. The average Bonchev–Trinajstić information content (AvgIpc) is 2.77. The summed E-state index contributed by atoms with van der Waals surface area (Å²) in [5.74, 6) is 2.30. The lowest BCUT2D eigenvalue weighted by Gasteiger charge is -2.20. The Morgan fingerprint density at radius 1 is 1.23 bits per heavy atom. The Morgan fingerprint density at radius 3 is 2.59 bits per heavy atom. The van der Waals surface area contributed by atoms with Gasteiger partial charge >= 0.3 is 0 Å². The topological polar surface area (TPSA) is 47.7 Å². The highest BCUT2D eigenvalue weighted by atomic mass is 35.5. The van der Waals surface area contributed by atoms with Gasteiger partial charge in [-0.1, -0.05) is 26.0 Å². The normalized spacial score (nSPS) is 21.5. The molecule has 1 fully saturated rings. The number of hydrogen-bond donors (Lipinski definition) is 1. The summed E-state index contributed by atoms with van der Waals surface area (Å²) in [6.07, 6.45) is 0.992. The predicted molar refractivity (Wildman–Crippen MR) is 93.1 cm³/mol. The van der Waals surface area contributed by atoms with Crippen molar-refractivity contribution < 1.29 is 9.47 Å². The lowest BCUT2D eigenvalue weighted by molar-refractivity contribution is 0.263. The van der Waals surface area contributed by atoms with Crippen molar-refractivity contribution in [2.24, 2.45) is 11.7 Å². The maximum absolute atomic E-state index is 6.12. The summed E-state index contributed by atoms with van der Waals surface area (Å²) in [5.41, 5.74) is 7.31. The molecule has 22 heavy (non-hydrogen) atoms. The molecule has 1 aliphatic heterocycles. The SMILES string of the molecule is CCCOc1c(CN2CC(C)C(N)C2)cccc1OCC.Cl. The molecule has 1 aliphatic rings. The van der Waals surface area contributed by atoms with Crippen LogP contribution in [-0.2, 0) is 6.54 Å². The van der Waals surface area contributed by atoms with E-state index in [0.29, 0.717) is 19.1 Å². The maximum atomic E-state index is 6.12. The van der Waals surface area contributed by atoms with Crippen LogP contribution in [0.15, 0.2) is 18.2 Å². The molecule has 1 saturated heterocycles. The number of ether oxygens (including phenoxy) is 2. The molecule has 0 aliphatic carbocycles. The van der Waals surface area contributed by atoms with Crippen molar-refractivity contribution in [2.75, 3.05) is 26.3 Å². The molecule has 2 N–H and O–H groups in total. The van der Waals surface area contributed by atoms with Gasteiger partial charge in [-0.2, -0.15) is 0 Å². The second-order valence-corrected chi connectivity index (χ2v) is 5.86. The molecule has 1 heterocycles. The van der Waals surface area contributed by atoms with Gasteiger partial charge in [-0.15, -0.1) is 12.4 Å². The first-order valence-electron chi connectivity index (χ1n) is 8.01. The van der Waals surface area contributed by atoms with Gasteiger partial charge in [-0.25, -0.2) is 0 Å². The second-order valence-electron chi connectivity index (χ2n) is 5.86. The summed E-state index contributed by atoms with van der Waals surface area (Å²) in [6.45, 7) is 10.6. The Labute approximate surface area is 140 Å². The number of para-hydroxylation sites is 1. The minimum absolute atomic E-state index is 0. The van der Waals surface area contributed by atoms with Crippen LogP contribution in [0.2, 0.25) is 0 Å². The van der Waals surface area contributed by atoms with Crippen LogP contribution in [0.1, 0.15) is 32.8 Å². The second kappa shape index (κ2) is 9.23. The Morgan fingerprint density at radius 2 is 2.00 bits per heavy atom. The summed E-state index contributed by atoms with van der Waals surface area (Å²) < 4.78 is 11.7. The molecule has 126 valence electrons. The van der Waals surface area contributed by atoms with Crippen LogP contribution in [0.3, 0.4) is 0 Å². The van der Waals surface area contributed by atoms with Gasteiger partial charge in [0, 0.05) is 31.2 Å². The van der Waals surface area contributed by atoms with Crippen LogP contribution in [0.25, 0.3) is 0 Å². The van der Waals surface area contributed by atoms with E-state index in [-0.39, 0.29) is 18.4 Å². The quantitative estimate of drug-likeness (QED) is 0.835. The Bertz CT molecular complexity index is 446. The fraction of sp³-hybridized carbons (Fsp3) is 0.647. The Balaban J connectivity index is 0.00000242. The monoisotopic (exact) mass is 328 g/mol. The molecule has 0 aromatic heterocycles. The van der Waals surface area contributed by atoms with Crippen molar-refractivity contribution in [3.63, 3.8) is 0 Å². The summed E-state index contributed by atoms with van der Waals surface area (Å²) in [6, 6.07) is 6.43. The highest BCUT2D eigenvalue weighted by Gasteiger charge is 2.27. The van der Waals surface area contributed by atoms with E-state index in [1.807, 2.05) is 19.1 Å². The molecule has 1 aromatic rings. The molecule has 2 atom stereocenters. The van der Waals surface area contributed by atoms with Crippen LogP contribution in [0, 0.1) is 5.92 Å². The van der Waals surface area contributed by atoms with E-state index >= 15 is 0 Å². The number of hydrogen-bond acceptors (Lipinski definition) is 4. The maximum Gasteiger partial charge on any atom is 0.165 e. The molecular weight excluding hydrogens is 300 g/mol. The van der Waals surface area contributed by atoms with Crippen molar-refractivity contribution in [2.45, 2.75) is 39.8 Å². The van der Waals surface area contributed by atoms with Gasteiger partial charge in [0.2, 0.25) is 0 Å². The number of likely N-dealkylation sites (tertiary alicyclic amines) is 1. The first-order chi connectivity index (χ1) is 10.2. The van der Waals surface area contributed by atoms with E-state index < -0.39 is 0 Å². The summed E-state index contributed by atoms with van der Waals surface area (Å²) in [4.78, 5) is 2.40. The van der Waals surface area contributed by atoms with E-state index in [9.17, 15) is 0 Å². The molecule has 2 rings (SSSR count). The van der Waals surface area contributed by atoms with E-state index in [1.165, 1.54) is 5.56 Å². The first kappa shape index (κ1) is 19.1. The van der Waals surface area contributed by atoms with Crippen LogP contribution in [0.4, 0.5) is 0 Å². The molecule has 2 unspecified atom stereocenters. The number of nitrogens with two attached hydrogens (primary N) is 1. The summed E-state index contributed by atoms with van der Waals surface area (Å²) in [5, 5.41) is 0. The van der Waals surface area contributed by atoms with Crippen molar-refractivity contribution in [3.8, 4) is 11.5 Å². The van der Waals surface area contributed by atoms with Gasteiger partial charge in [0.05, 0.1) is 13.2 Å². The van der Waals surface area contributed by atoms with Crippen LogP contribution in [-0.4, -0.2) is 37.2 Å². The molecule has 0 amide bonds. The molecule has 5 heteroatoms. The van der Waals surface area contributed by atoms with Crippen LogP contribution in [0.5, 0.6) is 11.5 Å². The van der Waals surface area contributed by atoms with E-state index in [1.54, 1.807) is 0 Å². The standard InChI is InChI=1S/C17H28N2O2.ClH/c1-4-9-21-17-14(7-6-8-16(17)20-5-2)11-19-10-13(3)15(18)12-19;/h6-8,13,15H,4-5,9-12,18H2,1-3H3;1H. The lowest BCUT2D eigenvalue weighted by atomic mass is 10.1. The fourth-order valence-corrected chi connectivity index (χ4v) is 2.79. The summed E-state index contributed by atoms with van der Waals surface area (Å²) in [7, 11) is 0. The molecule has 0 saturated carbocycles. The van der Waals surface area contributed by atoms with E-state index in [4.69, 9.17) is 15.2 Å². The number of benzene rings is 1. The highest BCUT2D eigenvalue weighted by molar-refractivity contribution is 5.85. The Kier molecular flexibility index (Phi) is 8.01. The molecule has 0 radical (unpaired) electrons. The highest BCUT2D eigenvalue weighted by Crippen LogP contribution is 2.33. The third-order valence-corrected chi connectivity index (χ3v) is 3.95. The van der Waals surface area contributed by atoms with Crippen molar-refractivity contribution in [3.05, 3.63) is 23.8 Å². The van der Waals surface area contributed by atoms with Crippen molar-refractivity contribution in [1.82, 2.24) is 4.90 Å². The number of nitrogens with zero attached hydrogens (tertiary/aromatic N) is 1. The summed E-state index contributed by atoms with van der Waals surface area (Å²) >= 11 is 0. The minimum Gasteiger partial charge on any atom is -0.490 e. The van der Waals surface area contributed by atoms with Gasteiger partial charge in [-0.05, 0) is 25.3 Å². The van der Waals surface area contributed by atoms with Gasteiger partial charge in [0.25, 0.3) is 0 Å². The predicted octanol–water partition coefficient (Wildman–Crippen LogP) is 3.07. The molecule has 4 nitrogen and oxygen atoms in total. The van der Waals surface area contributed by atoms with Crippen molar-refractivity contribution >= 4 is 12.4 Å². The first-order valence-corrected chi connectivity index (χ1v) is 8.01. The van der Waals surface area contributed by atoms with Gasteiger partial charge in [0.1, 0.15) is 0 Å². The third kappa shape index (κ3) is 4.77. The molecule has 0 spiro atoms. The van der Waals surface area contributed by atoms with Crippen LogP contribution < -0.4 is 15.2 Å². The lowest BCUT2D eigenvalue weighted by Crippen LogP contribution is -2.28. The zero-order valence-electron chi connectivity index (χ0n) is 13.9. The molecule has 0 bridgehead atoms. The zero-order chi connectivity index (χ0) is 15.2. The molecule has 1 aromatic carbocycles. The largest absolute Gasteiger partial charge is 0.490 e. The minimum atomic E-state index is 0. The molecular formula is C17H29ClN2O2. The zero-order valence-corrected chi connectivity index (χ0v) is 14.7. The Hall–Kier alpha value is -0.970. The van der Waals surface area contributed by atoms with Crippen LogP contribution >= 0.6 is 12.4 Å².